The summed E-state index contributed by atoms with van der Waals surface area (Å²) in [5.74, 6) is -2.78. The summed E-state index contributed by atoms with van der Waals surface area (Å²) >= 11 is 0. The van der Waals surface area contributed by atoms with Gasteiger partial charge in [0.1, 0.15) is 0 Å². The minimum Gasteiger partial charge on any atom is -0.353 e. The van der Waals surface area contributed by atoms with Crippen LogP contribution in [0.15, 0.2) is 29.2 Å². The number of alkyl halides is 3. The molecule has 1 aliphatic carbocycles. The van der Waals surface area contributed by atoms with Crippen LogP contribution in [0.1, 0.15) is 46.0 Å². The fraction of sp³-hybridized carbons (Fsp3) is 0.636. The molecule has 0 radical (unpaired) electrons. The first-order valence-electron chi connectivity index (χ1n) is 11.2. The SMILES string of the molecule is CCN(CC)S(=O)(=O)c1ccc(N2CC(C(=O)NC3CCCC(C(F)(F)F)C3)CC2=O)cc1. The molecular formula is C22H30F3N3O4S. The average Bonchev–Trinajstić information content (AvgIpc) is 3.16. The van der Waals surface area contributed by atoms with Gasteiger partial charge in [-0.2, -0.15) is 17.5 Å². The fourth-order valence-corrected chi connectivity index (χ4v) is 6.04. The van der Waals surface area contributed by atoms with Gasteiger partial charge in [0.15, 0.2) is 0 Å². The van der Waals surface area contributed by atoms with Crippen LogP contribution in [-0.2, 0) is 19.6 Å². The van der Waals surface area contributed by atoms with E-state index < -0.39 is 40.0 Å². The lowest BCUT2D eigenvalue weighted by Crippen LogP contribution is -2.44. The van der Waals surface area contributed by atoms with Crippen LogP contribution in [0, 0.1) is 11.8 Å². The molecular weight excluding hydrogens is 459 g/mol. The highest BCUT2D eigenvalue weighted by Crippen LogP contribution is 2.37. The van der Waals surface area contributed by atoms with Crippen molar-refractivity contribution in [2.45, 2.75) is 63.1 Å². The molecule has 0 spiro atoms. The van der Waals surface area contributed by atoms with Crippen molar-refractivity contribution in [3.63, 3.8) is 0 Å². The average molecular weight is 490 g/mol. The van der Waals surface area contributed by atoms with Gasteiger partial charge in [0.25, 0.3) is 0 Å². The van der Waals surface area contributed by atoms with Crippen molar-refractivity contribution in [2.24, 2.45) is 11.8 Å². The summed E-state index contributed by atoms with van der Waals surface area (Å²) in [6.07, 6.45) is -3.48. The molecule has 1 heterocycles. The molecule has 1 saturated carbocycles. The molecule has 3 rings (SSSR count). The molecule has 2 aliphatic rings. The Labute approximate surface area is 192 Å². The molecule has 2 fully saturated rings. The van der Waals surface area contributed by atoms with Gasteiger partial charge in [0, 0.05) is 37.8 Å². The van der Waals surface area contributed by atoms with E-state index in [1.165, 1.54) is 33.5 Å². The van der Waals surface area contributed by atoms with Crippen molar-refractivity contribution < 1.29 is 31.2 Å². The molecule has 2 amide bonds. The van der Waals surface area contributed by atoms with Gasteiger partial charge in [-0.1, -0.05) is 20.3 Å². The zero-order valence-electron chi connectivity index (χ0n) is 18.8. The van der Waals surface area contributed by atoms with Gasteiger partial charge in [-0.15, -0.1) is 0 Å². The first kappa shape index (κ1) is 25.5. The second-order valence-corrected chi connectivity index (χ2v) is 10.5. The second-order valence-electron chi connectivity index (χ2n) is 8.60. The van der Waals surface area contributed by atoms with Crippen molar-refractivity contribution in [1.82, 2.24) is 9.62 Å². The van der Waals surface area contributed by atoms with Gasteiger partial charge in [-0.3, -0.25) is 9.59 Å². The number of nitrogens with one attached hydrogen (secondary N) is 1. The Hall–Kier alpha value is -2.14. The highest BCUT2D eigenvalue weighted by molar-refractivity contribution is 7.89. The van der Waals surface area contributed by atoms with E-state index in [2.05, 4.69) is 5.32 Å². The van der Waals surface area contributed by atoms with E-state index in [9.17, 15) is 31.2 Å². The predicted molar refractivity (Wildman–Crippen MR) is 117 cm³/mol. The Morgan fingerprint density at radius 3 is 2.36 bits per heavy atom. The first-order valence-corrected chi connectivity index (χ1v) is 12.7. The third kappa shape index (κ3) is 5.68. The molecule has 1 saturated heterocycles. The van der Waals surface area contributed by atoms with Crippen LogP contribution in [0.4, 0.5) is 18.9 Å². The zero-order chi connectivity index (χ0) is 24.4. The van der Waals surface area contributed by atoms with Crippen LogP contribution in [0.3, 0.4) is 0 Å². The Bertz CT molecular complexity index is 962. The molecule has 11 heteroatoms. The molecule has 1 aromatic rings. The first-order chi connectivity index (χ1) is 15.5. The van der Waals surface area contributed by atoms with E-state index >= 15 is 0 Å². The number of sulfonamides is 1. The number of halogens is 3. The number of rotatable bonds is 7. The van der Waals surface area contributed by atoms with Crippen molar-refractivity contribution in [3.8, 4) is 0 Å². The molecule has 3 atom stereocenters. The highest BCUT2D eigenvalue weighted by Gasteiger charge is 2.43. The minimum absolute atomic E-state index is 0.0409. The van der Waals surface area contributed by atoms with E-state index in [-0.39, 0.29) is 36.6 Å². The molecule has 7 nitrogen and oxygen atoms in total. The van der Waals surface area contributed by atoms with E-state index in [4.69, 9.17) is 0 Å². The van der Waals surface area contributed by atoms with Crippen LogP contribution in [0.5, 0.6) is 0 Å². The zero-order valence-corrected chi connectivity index (χ0v) is 19.6. The van der Waals surface area contributed by atoms with E-state index in [1.807, 2.05) is 0 Å². The molecule has 33 heavy (non-hydrogen) atoms. The van der Waals surface area contributed by atoms with Gasteiger partial charge in [-0.25, -0.2) is 8.42 Å². The lowest BCUT2D eigenvalue weighted by atomic mass is 9.85. The number of carbonyl (C=O) groups is 2. The number of hydrogen-bond acceptors (Lipinski definition) is 4. The standard InChI is InChI=1S/C22H30F3N3O4S/c1-3-27(4-2)33(31,32)19-10-8-18(9-11-19)28-14-15(12-20(28)29)21(30)26-17-7-5-6-16(13-17)22(23,24)25/h8-11,15-17H,3-7,12-14H2,1-2H3,(H,26,30). The van der Waals surface area contributed by atoms with Crippen LogP contribution in [0.2, 0.25) is 0 Å². The van der Waals surface area contributed by atoms with Crippen LogP contribution < -0.4 is 10.2 Å². The molecule has 1 aliphatic heterocycles. The Kier molecular flexibility index (Phi) is 7.73. The molecule has 184 valence electrons. The largest absolute Gasteiger partial charge is 0.391 e. The summed E-state index contributed by atoms with van der Waals surface area (Å²) in [5, 5.41) is 2.71. The molecule has 1 aromatic carbocycles. The third-order valence-corrected chi connectivity index (χ3v) is 8.54. The summed E-state index contributed by atoms with van der Waals surface area (Å²) in [5.41, 5.74) is 0.476. The lowest BCUT2D eigenvalue weighted by molar-refractivity contribution is -0.184. The normalized spacial score (nSPS) is 24.4. The third-order valence-electron chi connectivity index (χ3n) is 6.47. The van der Waals surface area contributed by atoms with Crippen LogP contribution in [0.25, 0.3) is 0 Å². The quantitative estimate of drug-likeness (QED) is 0.637. The summed E-state index contributed by atoms with van der Waals surface area (Å²) in [6.45, 7) is 4.28. The van der Waals surface area contributed by atoms with Gasteiger partial charge in [0.05, 0.1) is 16.7 Å². The van der Waals surface area contributed by atoms with Crippen molar-refractivity contribution >= 4 is 27.5 Å². The fourth-order valence-electron chi connectivity index (χ4n) is 4.58. The van der Waals surface area contributed by atoms with Crippen molar-refractivity contribution in [1.29, 1.82) is 0 Å². The van der Waals surface area contributed by atoms with Gasteiger partial charge < -0.3 is 10.2 Å². The number of amides is 2. The van der Waals surface area contributed by atoms with Crippen molar-refractivity contribution in [3.05, 3.63) is 24.3 Å². The Morgan fingerprint density at radius 1 is 1.15 bits per heavy atom. The number of hydrogen-bond donors (Lipinski definition) is 1. The number of nitrogens with zero attached hydrogens (tertiary/aromatic N) is 2. The summed E-state index contributed by atoms with van der Waals surface area (Å²) in [6, 6.07) is 5.38. The van der Waals surface area contributed by atoms with Crippen LogP contribution in [-0.4, -0.2) is 56.4 Å². The topological polar surface area (TPSA) is 86.8 Å². The number of benzene rings is 1. The predicted octanol–water partition coefficient (Wildman–Crippen LogP) is 3.31. The smallest absolute Gasteiger partial charge is 0.353 e. The van der Waals surface area contributed by atoms with Gasteiger partial charge in [0.2, 0.25) is 21.8 Å². The maximum atomic E-state index is 13.0. The molecule has 3 unspecified atom stereocenters. The number of carbonyl (C=O) groups excluding carboxylic acids is 2. The van der Waals surface area contributed by atoms with Gasteiger partial charge in [-0.05, 0) is 43.5 Å². The summed E-state index contributed by atoms with van der Waals surface area (Å²) in [7, 11) is -3.63. The van der Waals surface area contributed by atoms with E-state index in [0.717, 1.165) is 0 Å². The van der Waals surface area contributed by atoms with E-state index in [0.29, 0.717) is 31.6 Å². The Balaban J connectivity index is 1.63. The summed E-state index contributed by atoms with van der Waals surface area (Å²) in [4.78, 5) is 26.7. The summed E-state index contributed by atoms with van der Waals surface area (Å²) < 4.78 is 65.7. The number of anilines is 1. The maximum absolute atomic E-state index is 13.0. The monoisotopic (exact) mass is 489 g/mol. The van der Waals surface area contributed by atoms with E-state index in [1.54, 1.807) is 13.8 Å². The second kappa shape index (κ2) is 10.0. The van der Waals surface area contributed by atoms with Crippen LogP contribution >= 0.6 is 0 Å². The maximum Gasteiger partial charge on any atom is 0.391 e. The molecule has 0 aromatic heterocycles. The van der Waals surface area contributed by atoms with Crippen molar-refractivity contribution in [2.75, 3.05) is 24.5 Å². The highest BCUT2D eigenvalue weighted by atomic mass is 32.2. The molecule has 1 N–H and O–H groups in total. The van der Waals surface area contributed by atoms with Gasteiger partial charge >= 0.3 is 6.18 Å². The minimum atomic E-state index is -4.27. The lowest BCUT2D eigenvalue weighted by Gasteiger charge is -2.31. The molecule has 0 bridgehead atoms. The Morgan fingerprint density at radius 2 is 1.79 bits per heavy atom.